The smallest absolute Gasteiger partial charge is 0.226 e. The zero-order chi connectivity index (χ0) is 11.4. The Morgan fingerprint density at radius 2 is 2.27 bits per heavy atom. The van der Waals surface area contributed by atoms with E-state index < -0.39 is 6.10 Å². The number of piperidine rings is 1. The van der Waals surface area contributed by atoms with E-state index in [2.05, 4.69) is 12.2 Å². The first-order valence-corrected chi connectivity index (χ1v) is 5.64. The highest BCUT2D eigenvalue weighted by Gasteiger charge is 2.27. The topological polar surface area (TPSA) is 52.6 Å². The van der Waals surface area contributed by atoms with Crippen molar-refractivity contribution in [2.75, 3.05) is 26.7 Å². The lowest BCUT2D eigenvalue weighted by Crippen LogP contribution is -2.45. The molecule has 1 aliphatic heterocycles. The molecule has 1 amide bonds. The van der Waals surface area contributed by atoms with Gasteiger partial charge >= 0.3 is 0 Å². The fourth-order valence-electron chi connectivity index (χ4n) is 2.14. The van der Waals surface area contributed by atoms with Gasteiger partial charge in [-0.1, -0.05) is 6.92 Å². The zero-order valence-corrected chi connectivity index (χ0v) is 9.86. The standard InChI is InChI=1S/C11H22N2O2/c1-8-4-10(6-12-5-8)11(15)13(3)7-9(2)14/h8-10,12,14H,4-7H2,1-3H3. The summed E-state index contributed by atoms with van der Waals surface area (Å²) in [5, 5.41) is 12.5. The number of amides is 1. The summed E-state index contributed by atoms with van der Waals surface area (Å²) in [7, 11) is 1.76. The fraction of sp³-hybridized carbons (Fsp3) is 0.909. The summed E-state index contributed by atoms with van der Waals surface area (Å²) in [5.74, 6) is 0.792. The Kier molecular flexibility index (Phi) is 4.54. The van der Waals surface area contributed by atoms with Gasteiger partial charge in [-0.3, -0.25) is 4.79 Å². The van der Waals surface area contributed by atoms with Crippen LogP contribution in [0.4, 0.5) is 0 Å². The molecular formula is C11H22N2O2. The first-order valence-electron chi connectivity index (χ1n) is 5.64. The minimum atomic E-state index is -0.451. The summed E-state index contributed by atoms with van der Waals surface area (Å²) in [5.41, 5.74) is 0. The molecule has 1 saturated heterocycles. The molecule has 0 bridgehead atoms. The molecule has 4 nitrogen and oxygen atoms in total. The van der Waals surface area contributed by atoms with Gasteiger partial charge in [-0.2, -0.15) is 0 Å². The molecule has 1 heterocycles. The quantitative estimate of drug-likeness (QED) is 0.699. The van der Waals surface area contributed by atoms with E-state index in [1.165, 1.54) is 0 Å². The minimum Gasteiger partial charge on any atom is -0.392 e. The number of rotatable bonds is 3. The van der Waals surface area contributed by atoms with E-state index in [0.29, 0.717) is 12.5 Å². The molecule has 1 fully saturated rings. The maximum absolute atomic E-state index is 12.0. The molecule has 0 aliphatic carbocycles. The third-order valence-corrected chi connectivity index (χ3v) is 2.83. The van der Waals surface area contributed by atoms with Crippen molar-refractivity contribution in [3.63, 3.8) is 0 Å². The van der Waals surface area contributed by atoms with E-state index in [1.807, 2.05) is 0 Å². The van der Waals surface area contributed by atoms with Gasteiger partial charge in [0.25, 0.3) is 0 Å². The molecule has 88 valence electrons. The van der Waals surface area contributed by atoms with Crippen LogP contribution >= 0.6 is 0 Å². The fourth-order valence-corrected chi connectivity index (χ4v) is 2.14. The van der Waals surface area contributed by atoms with E-state index in [-0.39, 0.29) is 11.8 Å². The molecule has 4 heteroatoms. The first kappa shape index (κ1) is 12.5. The number of nitrogens with one attached hydrogen (secondary N) is 1. The highest BCUT2D eigenvalue weighted by Crippen LogP contribution is 2.17. The Bertz CT molecular complexity index is 219. The van der Waals surface area contributed by atoms with Crippen molar-refractivity contribution in [1.82, 2.24) is 10.2 Å². The van der Waals surface area contributed by atoms with Gasteiger partial charge in [0.2, 0.25) is 5.91 Å². The van der Waals surface area contributed by atoms with Gasteiger partial charge in [-0.25, -0.2) is 0 Å². The molecule has 0 spiro atoms. The van der Waals surface area contributed by atoms with E-state index in [1.54, 1.807) is 18.9 Å². The molecule has 1 rings (SSSR count). The minimum absolute atomic E-state index is 0.0810. The summed E-state index contributed by atoms with van der Waals surface area (Å²) >= 11 is 0. The second-order valence-corrected chi connectivity index (χ2v) is 4.76. The molecule has 0 saturated carbocycles. The molecule has 3 unspecified atom stereocenters. The van der Waals surface area contributed by atoms with Gasteiger partial charge in [0.05, 0.1) is 12.0 Å². The van der Waals surface area contributed by atoms with Gasteiger partial charge in [-0.05, 0) is 25.8 Å². The number of nitrogens with zero attached hydrogens (tertiary/aromatic N) is 1. The van der Waals surface area contributed by atoms with Crippen molar-refractivity contribution in [3.8, 4) is 0 Å². The van der Waals surface area contributed by atoms with Crippen molar-refractivity contribution in [2.45, 2.75) is 26.4 Å². The Morgan fingerprint density at radius 1 is 1.60 bits per heavy atom. The number of carbonyl (C=O) groups excluding carboxylic acids is 1. The number of hydrogen-bond acceptors (Lipinski definition) is 3. The number of aliphatic hydroxyl groups is 1. The van der Waals surface area contributed by atoms with Crippen molar-refractivity contribution in [3.05, 3.63) is 0 Å². The molecule has 0 aromatic carbocycles. The van der Waals surface area contributed by atoms with Crippen molar-refractivity contribution in [2.24, 2.45) is 11.8 Å². The predicted octanol–water partition coefficient (Wildman–Crippen LogP) is 0.0712. The number of aliphatic hydroxyl groups excluding tert-OH is 1. The SMILES string of the molecule is CC(O)CN(C)C(=O)C1CNCC(C)C1. The van der Waals surface area contributed by atoms with E-state index in [9.17, 15) is 9.90 Å². The predicted molar refractivity (Wildman–Crippen MR) is 59.5 cm³/mol. The molecule has 0 aromatic rings. The molecule has 1 aliphatic rings. The lowest BCUT2D eigenvalue weighted by atomic mass is 9.91. The second-order valence-electron chi connectivity index (χ2n) is 4.76. The normalized spacial score (nSPS) is 28.5. The van der Waals surface area contributed by atoms with Crippen LogP contribution < -0.4 is 5.32 Å². The van der Waals surface area contributed by atoms with E-state index in [4.69, 9.17) is 0 Å². The van der Waals surface area contributed by atoms with Gasteiger partial charge in [0, 0.05) is 20.1 Å². The number of likely N-dealkylation sites (N-methyl/N-ethyl adjacent to an activating group) is 1. The Morgan fingerprint density at radius 3 is 2.80 bits per heavy atom. The Hall–Kier alpha value is -0.610. The summed E-state index contributed by atoms with van der Waals surface area (Å²) in [6.45, 7) is 6.05. The summed E-state index contributed by atoms with van der Waals surface area (Å²) < 4.78 is 0. The van der Waals surface area contributed by atoms with Crippen LogP contribution in [-0.2, 0) is 4.79 Å². The average Bonchev–Trinajstić information content (AvgIpc) is 2.15. The van der Waals surface area contributed by atoms with Gasteiger partial charge in [0.15, 0.2) is 0 Å². The maximum atomic E-state index is 12.0. The maximum Gasteiger partial charge on any atom is 0.226 e. The summed E-state index contributed by atoms with van der Waals surface area (Å²) in [6.07, 6.45) is 0.503. The lowest BCUT2D eigenvalue weighted by Gasteiger charge is -2.30. The molecule has 0 aromatic heterocycles. The Balaban J connectivity index is 2.44. The number of carbonyl (C=O) groups is 1. The molecule has 3 atom stereocenters. The van der Waals surface area contributed by atoms with Crippen LogP contribution in [0.3, 0.4) is 0 Å². The summed E-state index contributed by atoms with van der Waals surface area (Å²) in [4.78, 5) is 13.6. The van der Waals surface area contributed by atoms with Gasteiger partial charge in [-0.15, -0.1) is 0 Å². The zero-order valence-electron chi connectivity index (χ0n) is 9.86. The van der Waals surface area contributed by atoms with Crippen LogP contribution in [0.15, 0.2) is 0 Å². The first-order chi connectivity index (χ1) is 7.00. The van der Waals surface area contributed by atoms with E-state index >= 15 is 0 Å². The highest BCUT2D eigenvalue weighted by atomic mass is 16.3. The van der Waals surface area contributed by atoms with Crippen molar-refractivity contribution >= 4 is 5.91 Å². The van der Waals surface area contributed by atoms with E-state index in [0.717, 1.165) is 19.5 Å². The molecule has 15 heavy (non-hydrogen) atoms. The van der Waals surface area contributed by atoms with Gasteiger partial charge < -0.3 is 15.3 Å². The average molecular weight is 214 g/mol. The van der Waals surface area contributed by atoms with Crippen LogP contribution in [0.5, 0.6) is 0 Å². The molecule has 0 radical (unpaired) electrons. The molecule has 2 N–H and O–H groups in total. The van der Waals surface area contributed by atoms with Crippen LogP contribution in [0.2, 0.25) is 0 Å². The third-order valence-electron chi connectivity index (χ3n) is 2.83. The highest BCUT2D eigenvalue weighted by molar-refractivity contribution is 5.79. The van der Waals surface area contributed by atoms with Crippen LogP contribution in [-0.4, -0.2) is 48.7 Å². The third kappa shape index (κ3) is 3.80. The second kappa shape index (κ2) is 5.47. The van der Waals surface area contributed by atoms with Gasteiger partial charge in [0.1, 0.15) is 0 Å². The summed E-state index contributed by atoms with van der Waals surface area (Å²) in [6, 6.07) is 0. The number of hydrogen-bond donors (Lipinski definition) is 2. The van der Waals surface area contributed by atoms with Crippen LogP contribution in [0, 0.1) is 11.8 Å². The van der Waals surface area contributed by atoms with Crippen molar-refractivity contribution < 1.29 is 9.90 Å². The van der Waals surface area contributed by atoms with Crippen molar-refractivity contribution in [1.29, 1.82) is 0 Å². The largest absolute Gasteiger partial charge is 0.392 e. The van der Waals surface area contributed by atoms with Crippen LogP contribution in [0.1, 0.15) is 20.3 Å². The Labute approximate surface area is 91.6 Å². The monoisotopic (exact) mass is 214 g/mol. The lowest BCUT2D eigenvalue weighted by molar-refractivity contribution is -0.136. The van der Waals surface area contributed by atoms with Crippen LogP contribution in [0.25, 0.3) is 0 Å². The molecular weight excluding hydrogens is 192 g/mol.